The lowest BCUT2D eigenvalue weighted by Gasteiger charge is -2.25. The zero-order valence-corrected chi connectivity index (χ0v) is 14.1. The first-order valence-corrected chi connectivity index (χ1v) is 8.24. The molecule has 25 heavy (non-hydrogen) atoms. The molecule has 1 aliphatic heterocycles. The highest BCUT2D eigenvalue weighted by molar-refractivity contribution is 7.80. The lowest BCUT2D eigenvalue weighted by atomic mass is 10.1. The molecule has 0 atom stereocenters. The van der Waals surface area contributed by atoms with Crippen LogP contribution in [0.2, 0.25) is 0 Å². The molecular formula is C18H16FN3O2S. The van der Waals surface area contributed by atoms with Crippen molar-refractivity contribution in [1.29, 1.82) is 0 Å². The maximum atomic E-state index is 13.6. The van der Waals surface area contributed by atoms with Crippen molar-refractivity contribution >= 4 is 46.2 Å². The van der Waals surface area contributed by atoms with Crippen molar-refractivity contribution in [3.63, 3.8) is 0 Å². The first-order chi connectivity index (χ1) is 12.0. The van der Waals surface area contributed by atoms with Gasteiger partial charge in [-0.3, -0.25) is 14.5 Å². The standard InChI is InChI=1S/C18H16FN3O2S/c19-14-4-1-2-5-15(14)21-18(25)20-12-8-10-13(11-9-12)22-16(23)6-3-7-17(22)24/h1-2,4-5,8-11H,3,6-7H2,(H2,20,21,25). The SMILES string of the molecule is O=C1CCCC(=O)N1c1ccc(NC(=S)Nc2ccccc2F)cc1. The smallest absolute Gasteiger partial charge is 0.233 e. The van der Waals surface area contributed by atoms with Crippen LogP contribution in [-0.4, -0.2) is 16.9 Å². The molecule has 2 aromatic carbocycles. The van der Waals surface area contributed by atoms with E-state index in [1.165, 1.54) is 11.0 Å². The summed E-state index contributed by atoms with van der Waals surface area (Å²) >= 11 is 5.17. The topological polar surface area (TPSA) is 61.4 Å². The number of nitrogens with one attached hydrogen (secondary N) is 2. The molecule has 1 saturated heterocycles. The van der Waals surface area contributed by atoms with Crippen molar-refractivity contribution in [2.75, 3.05) is 15.5 Å². The Labute approximate surface area is 149 Å². The van der Waals surface area contributed by atoms with E-state index in [0.29, 0.717) is 30.6 Å². The summed E-state index contributed by atoms with van der Waals surface area (Å²) < 4.78 is 13.6. The van der Waals surface area contributed by atoms with Gasteiger partial charge in [-0.1, -0.05) is 12.1 Å². The van der Waals surface area contributed by atoms with Crippen molar-refractivity contribution < 1.29 is 14.0 Å². The normalized spacial score (nSPS) is 14.4. The van der Waals surface area contributed by atoms with E-state index in [0.717, 1.165) is 0 Å². The Morgan fingerprint density at radius 1 is 0.960 bits per heavy atom. The third-order valence-electron chi connectivity index (χ3n) is 3.79. The van der Waals surface area contributed by atoms with Gasteiger partial charge in [0.1, 0.15) is 5.82 Å². The number of carbonyl (C=O) groups is 2. The number of piperidine rings is 1. The van der Waals surface area contributed by atoms with Gasteiger partial charge < -0.3 is 10.6 Å². The average molecular weight is 357 g/mol. The quantitative estimate of drug-likeness (QED) is 0.648. The molecule has 0 radical (unpaired) electrons. The first kappa shape index (κ1) is 17.0. The lowest BCUT2D eigenvalue weighted by molar-refractivity contribution is -0.129. The average Bonchev–Trinajstić information content (AvgIpc) is 2.58. The van der Waals surface area contributed by atoms with Gasteiger partial charge in [-0.05, 0) is 55.0 Å². The molecule has 0 bridgehead atoms. The molecule has 1 aliphatic rings. The Kier molecular flexibility index (Phi) is 5.04. The van der Waals surface area contributed by atoms with Crippen LogP contribution in [0.5, 0.6) is 0 Å². The third kappa shape index (κ3) is 4.00. The molecule has 7 heteroatoms. The zero-order valence-electron chi connectivity index (χ0n) is 13.3. The van der Waals surface area contributed by atoms with E-state index in [4.69, 9.17) is 12.2 Å². The largest absolute Gasteiger partial charge is 0.332 e. The van der Waals surface area contributed by atoms with Gasteiger partial charge in [-0.15, -0.1) is 0 Å². The monoisotopic (exact) mass is 357 g/mol. The zero-order chi connectivity index (χ0) is 17.8. The number of carbonyl (C=O) groups excluding carboxylic acids is 2. The van der Waals surface area contributed by atoms with Gasteiger partial charge in [0.25, 0.3) is 0 Å². The van der Waals surface area contributed by atoms with Crippen molar-refractivity contribution in [2.45, 2.75) is 19.3 Å². The Bertz CT molecular complexity index is 807. The van der Waals surface area contributed by atoms with Crippen LogP contribution < -0.4 is 15.5 Å². The lowest BCUT2D eigenvalue weighted by Crippen LogP contribution is -2.40. The summed E-state index contributed by atoms with van der Waals surface area (Å²) in [7, 11) is 0. The number of rotatable bonds is 3. The highest BCUT2D eigenvalue weighted by Gasteiger charge is 2.27. The number of hydrogen-bond acceptors (Lipinski definition) is 3. The molecule has 0 aliphatic carbocycles. The van der Waals surface area contributed by atoms with Gasteiger partial charge in [0, 0.05) is 18.5 Å². The van der Waals surface area contributed by atoms with Crippen LogP contribution in [0, 0.1) is 5.82 Å². The van der Waals surface area contributed by atoms with E-state index in [1.807, 2.05) is 0 Å². The number of nitrogens with zero attached hydrogens (tertiary/aromatic N) is 1. The molecule has 2 N–H and O–H groups in total. The molecule has 0 spiro atoms. The number of hydrogen-bond donors (Lipinski definition) is 2. The molecule has 0 aromatic heterocycles. The Morgan fingerprint density at radius 3 is 2.24 bits per heavy atom. The first-order valence-electron chi connectivity index (χ1n) is 7.83. The fourth-order valence-corrected chi connectivity index (χ4v) is 2.81. The second kappa shape index (κ2) is 7.40. The number of imide groups is 1. The molecule has 0 saturated carbocycles. The predicted molar refractivity (Wildman–Crippen MR) is 99.0 cm³/mol. The van der Waals surface area contributed by atoms with E-state index in [9.17, 15) is 14.0 Å². The highest BCUT2D eigenvalue weighted by atomic mass is 32.1. The third-order valence-corrected chi connectivity index (χ3v) is 3.99. The van der Waals surface area contributed by atoms with Crippen molar-refractivity contribution in [1.82, 2.24) is 0 Å². The summed E-state index contributed by atoms with van der Waals surface area (Å²) in [6.07, 6.45) is 1.36. The predicted octanol–water partition coefficient (Wildman–Crippen LogP) is 3.68. The molecule has 2 amide bonds. The molecule has 3 rings (SSSR count). The van der Waals surface area contributed by atoms with Crippen LogP contribution in [-0.2, 0) is 9.59 Å². The van der Waals surface area contributed by atoms with Gasteiger partial charge >= 0.3 is 0 Å². The molecule has 128 valence electrons. The van der Waals surface area contributed by atoms with Crippen LogP contribution in [0.1, 0.15) is 19.3 Å². The van der Waals surface area contributed by atoms with E-state index < -0.39 is 5.82 Å². The fourth-order valence-electron chi connectivity index (χ4n) is 2.58. The maximum absolute atomic E-state index is 13.6. The maximum Gasteiger partial charge on any atom is 0.233 e. The number of anilines is 3. The number of benzene rings is 2. The number of para-hydroxylation sites is 1. The highest BCUT2D eigenvalue weighted by Crippen LogP contribution is 2.23. The number of amides is 2. The van der Waals surface area contributed by atoms with Crippen molar-refractivity contribution in [3.05, 3.63) is 54.3 Å². The molecule has 1 fully saturated rings. The minimum Gasteiger partial charge on any atom is -0.332 e. The second-order valence-electron chi connectivity index (χ2n) is 5.58. The summed E-state index contributed by atoms with van der Waals surface area (Å²) in [5.74, 6) is -0.772. The van der Waals surface area contributed by atoms with Crippen LogP contribution in [0.3, 0.4) is 0 Å². The summed E-state index contributed by atoms with van der Waals surface area (Å²) in [5.41, 5.74) is 1.48. The summed E-state index contributed by atoms with van der Waals surface area (Å²) in [4.78, 5) is 25.1. The molecular weight excluding hydrogens is 341 g/mol. The van der Waals surface area contributed by atoms with E-state index in [2.05, 4.69) is 10.6 Å². The number of halogens is 1. The second-order valence-corrected chi connectivity index (χ2v) is 5.99. The van der Waals surface area contributed by atoms with Crippen LogP contribution in [0.25, 0.3) is 0 Å². The fraction of sp³-hybridized carbons (Fsp3) is 0.167. The van der Waals surface area contributed by atoms with Crippen LogP contribution in [0.15, 0.2) is 48.5 Å². The molecule has 0 unspecified atom stereocenters. The minimum absolute atomic E-state index is 0.186. The summed E-state index contributed by atoms with van der Waals surface area (Å²) in [6, 6.07) is 13.0. The van der Waals surface area contributed by atoms with Gasteiger partial charge in [0.15, 0.2) is 5.11 Å². The van der Waals surface area contributed by atoms with Crippen molar-refractivity contribution in [3.8, 4) is 0 Å². The minimum atomic E-state index is -0.399. The van der Waals surface area contributed by atoms with Crippen molar-refractivity contribution in [2.24, 2.45) is 0 Å². The summed E-state index contributed by atoms with van der Waals surface area (Å²) in [6.45, 7) is 0. The summed E-state index contributed by atoms with van der Waals surface area (Å²) in [5, 5.41) is 5.95. The molecule has 1 heterocycles. The Balaban J connectivity index is 1.66. The van der Waals surface area contributed by atoms with E-state index in [1.54, 1.807) is 42.5 Å². The van der Waals surface area contributed by atoms with Crippen LogP contribution in [0.4, 0.5) is 21.5 Å². The molecule has 2 aromatic rings. The van der Waals surface area contributed by atoms with Gasteiger partial charge in [-0.2, -0.15) is 0 Å². The van der Waals surface area contributed by atoms with E-state index in [-0.39, 0.29) is 22.6 Å². The Morgan fingerprint density at radius 2 is 1.60 bits per heavy atom. The molecule has 5 nitrogen and oxygen atoms in total. The number of thiocarbonyl (C=S) groups is 1. The van der Waals surface area contributed by atoms with Gasteiger partial charge in [-0.25, -0.2) is 4.39 Å². The Hall–Kier alpha value is -2.80. The van der Waals surface area contributed by atoms with E-state index >= 15 is 0 Å². The van der Waals surface area contributed by atoms with Gasteiger partial charge in [0.2, 0.25) is 11.8 Å². The van der Waals surface area contributed by atoms with Gasteiger partial charge in [0.05, 0.1) is 11.4 Å². The van der Waals surface area contributed by atoms with Crippen LogP contribution >= 0.6 is 12.2 Å².